The van der Waals surface area contributed by atoms with Crippen molar-refractivity contribution in [1.82, 2.24) is 15.4 Å². The summed E-state index contributed by atoms with van der Waals surface area (Å²) in [5.74, 6) is 0.489. The number of amides is 1. The Balaban J connectivity index is 0.00000243. The molecule has 0 spiro atoms. The van der Waals surface area contributed by atoms with Gasteiger partial charge >= 0.3 is 0 Å². The van der Waals surface area contributed by atoms with Crippen LogP contribution < -0.4 is 15.4 Å². The summed E-state index contributed by atoms with van der Waals surface area (Å²) in [5.41, 5.74) is 0.787. The molecule has 2 saturated heterocycles. The highest BCUT2D eigenvalue weighted by Crippen LogP contribution is 2.32. The number of hydrogen-bond donors (Lipinski definition) is 3. The molecule has 0 radical (unpaired) electrons. The number of benzene rings is 1. The highest BCUT2D eigenvalue weighted by atomic mass is 35.5. The lowest BCUT2D eigenvalue weighted by atomic mass is 9.89. The Morgan fingerprint density at radius 2 is 1.92 bits per heavy atom. The van der Waals surface area contributed by atoms with E-state index in [0.29, 0.717) is 24.4 Å². The minimum Gasteiger partial charge on any atom is -0.350 e. The molecule has 0 aromatic heterocycles. The van der Waals surface area contributed by atoms with Crippen LogP contribution in [-0.2, 0) is 14.8 Å². The Kier molecular flexibility index (Phi) is 7.07. The minimum atomic E-state index is -3.48. The Bertz CT molecular complexity index is 729. The van der Waals surface area contributed by atoms with Crippen molar-refractivity contribution in [3.05, 3.63) is 29.8 Å². The number of rotatable bonds is 6. The molecule has 6 nitrogen and oxygen atoms in total. The minimum absolute atomic E-state index is 0. The number of nitrogens with one attached hydrogen (secondary N) is 3. The molecule has 1 amide bonds. The van der Waals surface area contributed by atoms with Crippen molar-refractivity contribution in [2.24, 2.45) is 5.92 Å². The van der Waals surface area contributed by atoms with E-state index in [2.05, 4.69) is 15.4 Å². The Hall–Kier alpha value is -1.15. The topological polar surface area (TPSA) is 87.3 Å². The van der Waals surface area contributed by atoms with Crippen LogP contribution in [-0.4, -0.2) is 33.5 Å². The van der Waals surface area contributed by atoms with Crippen molar-refractivity contribution < 1.29 is 13.2 Å². The molecule has 2 heterocycles. The fraction of sp³-hybridized carbons (Fsp3) is 0.611. The number of hydrogen-bond acceptors (Lipinski definition) is 4. The molecule has 3 rings (SSSR count). The van der Waals surface area contributed by atoms with Crippen LogP contribution in [0.3, 0.4) is 0 Å². The average molecular weight is 402 g/mol. The summed E-state index contributed by atoms with van der Waals surface area (Å²) < 4.78 is 26.2. The zero-order valence-corrected chi connectivity index (χ0v) is 16.8. The molecule has 2 aliphatic heterocycles. The second-order valence-corrected chi connectivity index (χ2v) is 9.14. The third-order valence-corrected chi connectivity index (χ3v) is 6.77. The number of carbonyl (C=O) groups excluding carboxylic acids is 1. The van der Waals surface area contributed by atoms with Crippen LogP contribution >= 0.6 is 12.4 Å². The molecule has 0 aliphatic carbocycles. The summed E-state index contributed by atoms with van der Waals surface area (Å²) in [6, 6.07) is 7.64. The first kappa shape index (κ1) is 21.2. The van der Waals surface area contributed by atoms with Crippen LogP contribution in [0.1, 0.15) is 50.6 Å². The summed E-state index contributed by atoms with van der Waals surface area (Å²) in [6.45, 7) is 1.88. The van der Waals surface area contributed by atoms with Crippen LogP contribution in [0.2, 0.25) is 0 Å². The number of carbonyl (C=O) groups is 1. The van der Waals surface area contributed by atoms with Crippen molar-refractivity contribution in [1.29, 1.82) is 0 Å². The fourth-order valence-corrected chi connectivity index (χ4v) is 4.84. The van der Waals surface area contributed by atoms with E-state index in [-0.39, 0.29) is 29.3 Å². The van der Waals surface area contributed by atoms with Gasteiger partial charge in [-0.1, -0.05) is 12.1 Å². The van der Waals surface area contributed by atoms with Crippen molar-refractivity contribution in [3.8, 4) is 0 Å². The summed E-state index contributed by atoms with van der Waals surface area (Å²) in [4.78, 5) is 12.6. The predicted octanol–water partition coefficient (Wildman–Crippen LogP) is 2.11. The molecule has 3 unspecified atom stereocenters. The molecule has 2 fully saturated rings. The van der Waals surface area contributed by atoms with E-state index in [9.17, 15) is 13.2 Å². The third-order valence-electron chi connectivity index (χ3n) is 5.36. The van der Waals surface area contributed by atoms with Crippen LogP contribution in [0.25, 0.3) is 0 Å². The fourth-order valence-electron chi connectivity index (χ4n) is 4.06. The predicted molar refractivity (Wildman–Crippen MR) is 104 cm³/mol. The molecule has 2 aliphatic rings. The lowest BCUT2D eigenvalue weighted by Gasteiger charge is -2.29. The first-order valence-corrected chi connectivity index (χ1v) is 10.4. The molecular formula is C18H28ClN3O3S. The lowest BCUT2D eigenvalue weighted by molar-refractivity contribution is -0.122. The molecule has 2 bridgehead atoms. The SMILES string of the molecule is CNS(=O)(=O)c1cccc(C(C)NC(=O)CC2CC3CCC(C2)N3)c1.Cl. The van der Waals surface area contributed by atoms with Gasteiger partial charge in [0, 0.05) is 18.5 Å². The lowest BCUT2D eigenvalue weighted by Crippen LogP contribution is -2.40. The van der Waals surface area contributed by atoms with Crippen LogP contribution in [0.4, 0.5) is 0 Å². The second kappa shape index (κ2) is 8.69. The average Bonchev–Trinajstić information content (AvgIpc) is 2.93. The van der Waals surface area contributed by atoms with Crippen molar-refractivity contribution in [2.75, 3.05) is 7.05 Å². The zero-order chi connectivity index (χ0) is 18.0. The van der Waals surface area contributed by atoms with Crippen molar-refractivity contribution in [2.45, 2.75) is 62.0 Å². The van der Waals surface area contributed by atoms with Gasteiger partial charge in [-0.3, -0.25) is 4.79 Å². The van der Waals surface area contributed by atoms with Gasteiger partial charge in [0.2, 0.25) is 15.9 Å². The maximum Gasteiger partial charge on any atom is 0.240 e. The second-order valence-electron chi connectivity index (χ2n) is 7.25. The molecule has 1 aromatic carbocycles. The summed E-state index contributed by atoms with van der Waals surface area (Å²) in [5, 5.41) is 6.61. The Morgan fingerprint density at radius 1 is 1.27 bits per heavy atom. The van der Waals surface area contributed by atoms with Gasteiger partial charge in [0.1, 0.15) is 0 Å². The van der Waals surface area contributed by atoms with E-state index >= 15 is 0 Å². The largest absolute Gasteiger partial charge is 0.350 e. The molecule has 0 saturated carbocycles. The van der Waals surface area contributed by atoms with Gasteiger partial charge in [0.15, 0.2) is 0 Å². The number of fused-ring (bicyclic) bond motifs is 2. The van der Waals surface area contributed by atoms with Crippen LogP contribution in [0.15, 0.2) is 29.2 Å². The molecule has 1 aromatic rings. The smallest absolute Gasteiger partial charge is 0.240 e. The summed E-state index contributed by atoms with van der Waals surface area (Å²) in [6.07, 6.45) is 5.16. The molecule has 3 N–H and O–H groups in total. The molecule has 8 heteroatoms. The molecular weight excluding hydrogens is 374 g/mol. The normalized spacial score (nSPS) is 26.0. The van der Waals surface area contributed by atoms with E-state index in [4.69, 9.17) is 0 Å². The Labute approximate surface area is 162 Å². The maximum absolute atomic E-state index is 12.4. The monoisotopic (exact) mass is 401 g/mol. The Morgan fingerprint density at radius 3 is 2.54 bits per heavy atom. The van der Waals surface area contributed by atoms with E-state index in [0.717, 1.165) is 18.4 Å². The van der Waals surface area contributed by atoms with E-state index in [1.54, 1.807) is 18.2 Å². The number of halogens is 1. The van der Waals surface area contributed by atoms with Gasteiger partial charge in [0.25, 0.3) is 0 Å². The summed E-state index contributed by atoms with van der Waals surface area (Å²) >= 11 is 0. The molecule has 146 valence electrons. The number of piperidine rings is 1. The first-order chi connectivity index (χ1) is 11.9. The number of sulfonamides is 1. The van der Waals surface area contributed by atoms with Crippen molar-refractivity contribution in [3.63, 3.8) is 0 Å². The zero-order valence-electron chi connectivity index (χ0n) is 15.2. The third kappa shape index (κ3) is 4.97. The molecule has 3 atom stereocenters. The van der Waals surface area contributed by atoms with Gasteiger partial charge < -0.3 is 10.6 Å². The van der Waals surface area contributed by atoms with E-state index < -0.39 is 10.0 Å². The van der Waals surface area contributed by atoms with Gasteiger partial charge in [-0.2, -0.15) is 0 Å². The molecule has 26 heavy (non-hydrogen) atoms. The van der Waals surface area contributed by atoms with Crippen molar-refractivity contribution >= 4 is 28.3 Å². The van der Waals surface area contributed by atoms with Gasteiger partial charge in [-0.25, -0.2) is 13.1 Å². The van der Waals surface area contributed by atoms with Gasteiger partial charge in [0.05, 0.1) is 10.9 Å². The van der Waals surface area contributed by atoms with E-state index in [1.165, 1.54) is 19.9 Å². The standard InChI is InChI=1S/C18H27N3O3S.ClH/c1-12(14-4-3-5-17(11-14)25(23,24)19-2)20-18(22)10-13-8-15-6-7-16(9-13)21-15;/h3-5,11-13,15-16,19,21H,6-10H2,1-2H3,(H,20,22);1H. The quantitative estimate of drug-likeness (QED) is 0.681. The summed E-state index contributed by atoms with van der Waals surface area (Å²) in [7, 11) is -2.09. The first-order valence-electron chi connectivity index (χ1n) is 8.96. The van der Waals surface area contributed by atoms with Crippen LogP contribution in [0.5, 0.6) is 0 Å². The van der Waals surface area contributed by atoms with Crippen LogP contribution in [0, 0.1) is 5.92 Å². The van der Waals surface area contributed by atoms with Gasteiger partial charge in [-0.15, -0.1) is 12.4 Å². The van der Waals surface area contributed by atoms with E-state index in [1.807, 2.05) is 13.0 Å². The maximum atomic E-state index is 12.4. The highest BCUT2D eigenvalue weighted by molar-refractivity contribution is 7.89. The highest BCUT2D eigenvalue weighted by Gasteiger charge is 2.34. The van der Waals surface area contributed by atoms with Gasteiger partial charge in [-0.05, 0) is 63.3 Å².